The highest BCUT2D eigenvalue weighted by atomic mass is 35.5. The molecule has 0 bridgehead atoms. The predicted octanol–water partition coefficient (Wildman–Crippen LogP) is 2.67. The van der Waals surface area contributed by atoms with E-state index >= 15 is 0 Å². The van der Waals surface area contributed by atoms with Gasteiger partial charge in [-0.3, -0.25) is 15.0 Å². The number of hydrogen-bond donors (Lipinski definition) is 1. The number of fused-ring (bicyclic) bond motifs is 1. The summed E-state index contributed by atoms with van der Waals surface area (Å²) in [6, 6.07) is 3.13. The minimum absolute atomic E-state index is 0.102. The monoisotopic (exact) mass is 326 g/mol. The van der Waals surface area contributed by atoms with Gasteiger partial charge in [0.15, 0.2) is 0 Å². The molecule has 7 heteroatoms. The SMILES string of the molecule is COc1ccc(F)c(N2C(=O)NC(=O)C3CCC(Cl)CC32)c1. The van der Waals surface area contributed by atoms with Crippen molar-refractivity contribution >= 4 is 29.2 Å². The number of methoxy groups -OCH3 is 1. The lowest BCUT2D eigenvalue weighted by molar-refractivity contribution is -0.126. The van der Waals surface area contributed by atoms with E-state index in [-0.39, 0.29) is 22.9 Å². The first-order valence-corrected chi connectivity index (χ1v) is 7.56. The van der Waals surface area contributed by atoms with E-state index < -0.39 is 17.9 Å². The third-order valence-corrected chi connectivity index (χ3v) is 4.68. The first kappa shape index (κ1) is 15.1. The zero-order chi connectivity index (χ0) is 15.9. The van der Waals surface area contributed by atoms with Crippen LogP contribution in [0.3, 0.4) is 0 Å². The van der Waals surface area contributed by atoms with Crippen LogP contribution in [0.25, 0.3) is 0 Å². The highest BCUT2D eigenvalue weighted by Gasteiger charge is 2.45. The number of amides is 3. The van der Waals surface area contributed by atoms with Crippen LogP contribution in [-0.4, -0.2) is 30.5 Å². The van der Waals surface area contributed by atoms with Crippen LogP contribution in [-0.2, 0) is 4.79 Å². The van der Waals surface area contributed by atoms with E-state index in [0.717, 1.165) is 0 Å². The number of anilines is 1. The van der Waals surface area contributed by atoms with Gasteiger partial charge in [0.1, 0.15) is 11.6 Å². The van der Waals surface area contributed by atoms with E-state index in [1.807, 2.05) is 0 Å². The maximum atomic E-state index is 14.2. The van der Waals surface area contributed by atoms with Crippen LogP contribution in [0.2, 0.25) is 0 Å². The van der Waals surface area contributed by atoms with E-state index in [1.165, 1.54) is 30.2 Å². The second-order valence-corrected chi connectivity index (χ2v) is 6.18. The molecule has 2 aliphatic rings. The molecule has 118 valence electrons. The third-order valence-electron chi connectivity index (χ3n) is 4.28. The van der Waals surface area contributed by atoms with Gasteiger partial charge >= 0.3 is 6.03 Å². The van der Waals surface area contributed by atoms with Gasteiger partial charge in [-0.1, -0.05) is 0 Å². The number of nitrogens with one attached hydrogen (secondary N) is 1. The molecule has 3 amide bonds. The summed E-state index contributed by atoms with van der Waals surface area (Å²) in [7, 11) is 1.47. The van der Waals surface area contributed by atoms with Crippen molar-refractivity contribution in [2.24, 2.45) is 5.92 Å². The summed E-state index contributed by atoms with van der Waals surface area (Å²) < 4.78 is 19.3. The normalized spacial score (nSPS) is 28.1. The second-order valence-electron chi connectivity index (χ2n) is 5.57. The fourth-order valence-electron chi connectivity index (χ4n) is 3.19. The van der Waals surface area contributed by atoms with Crippen molar-refractivity contribution in [3.8, 4) is 5.75 Å². The number of ether oxygens (including phenoxy) is 1. The number of carbonyl (C=O) groups is 2. The van der Waals surface area contributed by atoms with Crippen molar-refractivity contribution < 1.29 is 18.7 Å². The molecule has 1 saturated heterocycles. The molecule has 2 fully saturated rings. The van der Waals surface area contributed by atoms with Crippen molar-refractivity contribution in [1.82, 2.24) is 5.32 Å². The van der Waals surface area contributed by atoms with Gasteiger partial charge in [0.05, 0.1) is 24.8 Å². The van der Waals surface area contributed by atoms with Crippen LogP contribution in [0.15, 0.2) is 18.2 Å². The van der Waals surface area contributed by atoms with Gasteiger partial charge in [-0.25, -0.2) is 9.18 Å². The van der Waals surface area contributed by atoms with Gasteiger partial charge in [-0.15, -0.1) is 11.6 Å². The third kappa shape index (κ3) is 2.52. The van der Waals surface area contributed by atoms with E-state index in [1.54, 1.807) is 0 Å². The number of imide groups is 1. The molecule has 22 heavy (non-hydrogen) atoms. The number of alkyl halides is 1. The molecule has 0 radical (unpaired) electrons. The molecule has 1 aromatic carbocycles. The number of benzene rings is 1. The molecule has 1 N–H and O–H groups in total. The Balaban J connectivity index is 2.03. The quantitative estimate of drug-likeness (QED) is 0.850. The van der Waals surface area contributed by atoms with Crippen molar-refractivity contribution in [2.75, 3.05) is 12.0 Å². The maximum absolute atomic E-state index is 14.2. The number of hydrogen-bond acceptors (Lipinski definition) is 3. The van der Waals surface area contributed by atoms with Crippen LogP contribution >= 0.6 is 11.6 Å². The first-order chi connectivity index (χ1) is 10.5. The van der Waals surface area contributed by atoms with E-state index in [0.29, 0.717) is 25.0 Å². The average molecular weight is 327 g/mol. The van der Waals surface area contributed by atoms with Gasteiger partial charge in [0.2, 0.25) is 5.91 Å². The summed E-state index contributed by atoms with van der Waals surface area (Å²) in [5.41, 5.74) is 0.102. The van der Waals surface area contributed by atoms with Crippen molar-refractivity contribution in [2.45, 2.75) is 30.7 Å². The second kappa shape index (κ2) is 5.76. The van der Waals surface area contributed by atoms with Crippen LogP contribution in [0, 0.1) is 11.7 Å². The fourth-order valence-corrected chi connectivity index (χ4v) is 3.50. The Bertz CT molecular complexity index is 625. The highest BCUT2D eigenvalue weighted by molar-refractivity contribution is 6.21. The fraction of sp³-hybridized carbons (Fsp3) is 0.467. The largest absolute Gasteiger partial charge is 0.497 e. The summed E-state index contributed by atoms with van der Waals surface area (Å²) in [6.45, 7) is 0. The molecule has 3 unspecified atom stereocenters. The number of halogens is 2. The van der Waals surface area contributed by atoms with Gasteiger partial charge in [-0.05, 0) is 31.4 Å². The lowest BCUT2D eigenvalue weighted by Crippen LogP contribution is -2.62. The lowest BCUT2D eigenvalue weighted by atomic mass is 9.81. The van der Waals surface area contributed by atoms with Gasteiger partial charge < -0.3 is 4.74 Å². The highest BCUT2D eigenvalue weighted by Crippen LogP contribution is 2.38. The summed E-state index contributed by atoms with van der Waals surface area (Å²) >= 11 is 6.19. The summed E-state index contributed by atoms with van der Waals surface area (Å²) in [5.74, 6) is -0.770. The van der Waals surface area contributed by atoms with Crippen molar-refractivity contribution in [3.05, 3.63) is 24.0 Å². The Hall–Kier alpha value is -1.82. The standard InChI is InChI=1S/C15H16ClFN2O3/c1-22-9-3-5-11(17)13(7-9)19-12-6-8(16)2-4-10(12)14(20)18-15(19)21/h3,5,7-8,10,12H,2,4,6H2,1H3,(H,18,20,21). The van der Waals surface area contributed by atoms with Crippen LogP contribution in [0.1, 0.15) is 19.3 Å². The Morgan fingerprint density at radius 3 is 2.86 bits per heavy atom. The zero-order valence-corrected chi connectivity index (χ0v) is 12.8. The number of urea groups is 1. The van der Waals surface area contributed by atoms with Crippen LogP contribution < -0.4 is 15.0 Å². The van der Waals surface area contributed by atoms with E-state index in [4.69, 9.17) is 16.3 Å². The molecule has 1 aliphatic carbocycles. The van der Waals surface area contributed by atoms with Gasteiger partial charge in [0.25, 0.3) is 0 Å². The molecule has 1 heterocycles. The Morgan fingerprint density at radius 2 is 2.14 bits per heavy atom. The Kier molecular flexibility index (Phi) is 3.95. The topological polar surface area (TPSA) is 58.6 Å². The Labute approximate surface area is 132 Å². The Morgan fingerprint density at radius 1 is 1.36 bits per heavy atom. The predicted molar refractivity (Wildman–Crippen MR) is 79.7 cm³/mol. The minimum atomic E-state index is -0.621. The molecular formula is C15H16ClFN2O3. The van der Waals surface area contributed by atoms with E-state index in [2.05, 4.69) is 5.32 Å². The van der Waals surface area contributed by atoms with Crippen LogP contribution in [0.5, 0.6) is 5.75 Å². The molecule has 1 saturated carbocycles. The first-order valence-electron chi connectivity index (χ1n) is 7.13. The van der Waals surface area contributed by atoms with Crippen molar-refractivity contribution in [3.63, 3.8) is 0 Å². The molecule has 5 nitrogen and oxygen atoms in total. The molecule has 1 aliphatic heterocycles. The molecule has 0 aromatic heterocycles. The summed E-state index contributed by atoms with van der Waals surface area (Å²) in [4.78, 5) is 25.6. The van der Waals surface area contributed by atoms with Crippen LogP contribution in [0.4, 0.5) is 14.9 Å². The van der Waals surface area contributed by atoms with Gasteiger partial charge in [-0.2, -0.15) is 0 Å². The minimum Gasteiger partial charge on any atom is -0.497 e. The lowest BCUT2D eigenvalue weighted by Gasteiger charge is -2.44. The zero-order valence-electron chi connectivity index (χ0n) is 12.0. The molecule has 3 atom stereocenters. The number of rotatable bonds is 2. The maximum Gasteiger partial charge on any atom is 0.328 e. The molecule has 3 rings (SSSR count). The smallest absolute Gasteiger partial charge is 0.328 e. The van der Waals surface area contributed by atoms with E-state index in [9.17, 15) is 14.0 Å². The summed E-state index contributed by atoms with van der Waals surface area (Å²) in [6.07, 6.45) is 1.75. The average Bonchev–Trinajstić information content (AvgIpc) is 2.48. The number of carbonyl (C=O) groups excluding carboxylic acids is 2. The molecule has 1 aromatic rings. The summed E-state index contributed by atoms with van der Waals surface area (Å²) in [5, 5.41) is 2.18. The van der Waals surface area contributed by atoms with Crippen molar-refractivity contribution in [1.29, 1.82) is 0 Å². The molecular weight excluding hydrogens is 311 g/mol. The number of nitrogens with zero attached hydrogens (tertiary/aromatic N) is 1. The molecule has 0 spiro atoms. The van der Waals surface area contributed by atoms with Gasteiger partial charge in [0, 0.05) is 11.4 Å².